The number of imidazole rings is 1. The SMILES string of the molecule is CC(NC(=O)c1cc(C(N)=O)cs1)c1cccc(-n2ccnc2)c1. The van der Waals surface area contributed by atoms with Crippen LogP contribution >= 0.6 is 11.3 Å². The summed E-state index contributed by atoms with van der Waals surface area (Å²) in [6.07, 6.45) is 5.30. The van der Waals surface area contributed by atoms with Crippen LogP contribution in [0.4, 0.5) is 0 Å². The fraction of sp³-hybridized carbons (Fsp3) is 0.118. The molecule has 0 saturated carbocycles. The summed E-state index contributed by atoms with van der Waals surface area (Å²) in [5.41, 5.74) is 7.50. The number of primary amides is 1. The van der Waals surface area contributed by atoms with Crippen molar-refractivity contribution < 1.29 is 9.59 Å². The Morgan fingerprint density at radius 3 is 2.83 bits per heavy atom. The molecule has 3 N–H and O–H groups in total. The summed E-state index contributed by atoms with van der Waals surface area (Å²) in [6, 6.07) is 9.18. The summed E-state index contributed by atoms with van der Waals surface area (Å²) < 4.78 is 1.90. The summed E-state index contributed by atoms with van der Waals surface area (Å²) in [4.78, 5) is 27.9. The van der Waals surface area contributed by atoms with Crippen molar-refractivity contribution in [2.45, 2.75) is 13.0 Å². The number of rotatable bonds is 5. The van der Waals surface area contributed by atoms with Crippen molar-refractivity contribution in [2.24, 2.45) is 5.73 Å². The Labute approximate surface area is 142 Å². The number of carbonyl (C=O) groups excluding carboxylic acids is 2. The molecule has 0 radical (unpaired) electrons. The van der Waals surface area contributed by atoms with Gasteiger partial charge in [-0.25, -0.2) is 4.98 Å². The molecule has 6 nitrogen and oxygen atoms in total. The van der Waals surface area contributed by atoms with Gasteiger partial charge in [-0.05, 0) is 30.7 Å². The van der Waals surface area contributed by atoms with Crippen molar-refractivity contribution in [3.05, 3.63) is 70.4 Å². The zero-order valence-corrected chi connectivity index (χ0v) is 13.8. The number of aromatic nitrogens is 2. The Kier molecular flexibility index (Phi) is 4.43. The van der Waals surface area contributed by atoms with Gasteiger partial charge in [-0.2, -0.15) is 0 Å². The van der Waals surface area contributed by atoms with Crippen molar-refractivity contribution in [1.82, 2.24) is 14.9 Å². The van der Waals surface area contributed by atoms with E-state index in [2.05, 4.69) is 10.3 Å². The van der Waals surface area contributed by atoms with Crippen LogP contribution in [0, 0.1) is 0 Å². The fourth-order valence-electron chi connectivity index (χ4n) is 2.30. The van der Waals surface area contributed by atoms with Crippen LogP contribution in [-0.2, 0) is 0 Å². The Morgan fingerprint density at radius 1 is 1.33 bits per heavy atom. The van der Waals surface area contributed by atoms with Gasteiger partial charge in [0, 0.05) is 23.5 Å². The first-order valence-electron chi connectivity index (χ1n) is 7.32. The predicted octanol–water partition coefficient (Wildman–Crippen LogP) is 2.52. The minimum Gasteiger partial charge on any atom is -0.366 e. The minimum atomic E-state index is -0.536. The van der Waals surface area contributed by atoms with E-state index in [0.29, 0.717) is 10.4 Å². The molecule has 1 unspecified atom stereocenters. The van der Waals surface area contributed by atoms with Gasteiger partial charge in [0.25, 0.3) is 5.91 Å². The van der Waals surface area contributed by atoms with Gasteiger partial charge in [0.05, 0.1) is 22.8 Å². The van der Waals surface area contributed by atoms with E-state index >= 15 is 0 Å². The highest BCUT2D eigenvalue weighted by Gasteiger charge is 2.15. The third-order valence-electron chi connectivity index (χ3n) is 3.63. The third kappa shape index (κ3) is 3.36. The highest BCUT2D eigenvalue weighted by Crippen LogP contribution is 2.19. The van der Waals surface area contributed by atoms with Crippen LogP contribution in [0.1, 0.15) is 38.6 Å². The van der Waals surface area contributed by atoms with Gasteiger partial charge in [-0.15, -0.1) is 11.3 Å². The molecule has 2 heterocycles. The standard InChI is InChI=1S/C17H16N4O2S/c1-11(20-17(23)15-8-13(9-24-15)16(18)22)12-3-2-4-14(7-12)21-6-5-19-10-21/h2-11H,1H3,(H2,18,22)(H,20,23). The lowest BCUT2D eigenvalue weighted by molar-refractivity contribution is 0.0944. The fourth-order valence-corrected chi connectivity index (χ4v) is 3.10. The molecule has 3 aromatic rings. The van der Waals surface area contributed by atoms with Gasteiger partial charge in [-0.1, -0.05) is 12.1 Å². The van der Waals surface area contributed by atoms with Crippen LogP contribution < -0.4 is 11.1 Å². The van der Waals surface area contributed by atoms with E-state index in [1.807, 2.05) is 42.0 Å². The summed E-state index contributed by atoms with van der Waals surface area (Å²) in [5.74, 6) is -0.764. The molecule has 0 fully saturated rings. The lowest BCUT2D eigenvalue weighted by Gasteiger charge is -2.15. The van der Waals surface area contributed by atoms with Crippen LogP contribution in [0.2, 0.25) is 0 Å². The number of benzene rings is 1. The Bertz CT molecular complexity index is 870. The average Bonchev–Trinajstić information content (AvgIpc) is 3.26. The topological polar surface area (TPSA) is 90.0 Å². The maximum Gasteiger partial charge on any atom is 0.261 e. The monoisotopic (exact) mass is 340 g/mol. The molecule has 0 saturated heterocycles. The van der Waals surface area contributed by atoms with E-state index in [0.717, 1.165) is 11.3 Å². The lowest BCUT2D eigenvalue weighted by atomic mass is 10.1. The molecule has 2 amide bonds. The number of thiophene rings is 1. The molecule has 7 heteroatoms. The quantitative estimate of drug-likeness (QED) is 0.748. The largest absolute Gasteiger partial charge is 0.366 e. The maximum absolute atomic E-state index is 12.3. The molecule has 0 aliphatic heterocycles. The Morgan fingerprint density at radius 2 is 2.17 bits per heavy atom. The highest BCUT2D eigenvalue weighted by atomic mass is 32.1. The molecule has 1 aromatic carbocycles. The molecule has 1 atom stereocenters. The second-order valence-electron chi connectivity index (χ2n) is 5.32. The zero-order valence-electron chi connectivity index (χ0n) is 13.0. The first kappa shape index (κ1) is 15.9. The molecule has 2 aromatic heterocycles. The van der Waals surface area contributed by atoms with Crippen LogP contribution in [0.15, 0.2) is 54.4 Å². The molecular formula is C17H16N4O2S. The average molecular weight is 340 g/mol. The first-order chi connectivity index (χ1) is 11.5. The molecule has 0 spiro atoms. The van der Waals surface area contributed by atoms with Crippen molar-refractivity contribution in [1.29, 1.82) is 0 Å². The highest BCUT2D eigenvalue weighted by molar-refractivity contribution is 7.12. The van der Waals surface area contributed by atoms with Crippen molar-refractivity contribution >= 4 is 23.2 Å². The molecule has 0 bridgehead atoms. The molecule has 122 valence electrons. The number of amides is 2. The normalized spacial score (nSPS) is 11.9. The smallest absolute Gasteiger partial charge is 0.261 e. The number of nitrogens with two attached hydrogens (primary N) is 1. The number of hydrogen-bond acceptors (Lipinski definition) is 4. The minimum absolute atomic E-state index is 0.180. The molecule has 3 rings (SSSR count). The summed E-state index contributed by atoms with van der Waals surface area (Å²) in [7, 11) is 0. The van der Waals surface area contributed by atoms with Crippen LogP contribution in [0.5, 0.6) is 0 Å². The van der Waals surface area contributed by atoms with Gasteiger partial charge in [0.15, 0.2) is 0 Å². The molecule has 0 aliphatic rings. The molecule has 24 heavy (non-hydrogen) atoms. The van der Waals surface area contributed by atoms with Crippen LogP contribution in [0.25, 0.3) is 5.69 Å². The number of carbonyl (C=O) groups is 2. The van der Waals surface area contributed by atoms with E-state index < -0.39 is 5.91 Å². The van der Waals surface area contributed by atoms with E-state index in [4.69, 9.17) is 5.73 Å². The van der Waals surface area contributed by atoms with Gasteiger partial charge in [-0.3, -0.25) is 9.59 Å². The first-order valence-corrected chi connectivity index (χ1v) is 8.20. The van der Waals surface area contributed by atoms with Crippen LogP contribution in [-0.4, -0.2) is 21.4 Å². The summed E-state index contributed by atoms with van der Waals surface area (Å²) in [6.45, 7) is 1.91. The van der Waals surface area contributed by atoms with Crippen molar-refractivity contribution in [3.63, 3.8) is 0 Å². The van der Waals surface area contributed by atoms with Gasteiger partial charge in [0.1, 0.15) is 0 Å². The summed E-state index contributed by atoms with van der Waals surface area (Å²) in [5, 5.41) is 4.52. The van der Waals surface area contributed by atoms with Gasteiger partial charge < -0.3 is 15.6 Å². The Hall–Kier alpha value is -2.93. The summed E-state index contributed by atoms with van der Waals surface area (Å²) >= 11 is 1.20. The second-order valence-corrected chi connectivity index (χ2v) is 6.24. The van der Waals surface area contributed by atoms with E-state index in [-0.39, 0.29) is 11.9 Å². The predicted molar refractivity (Wildman–Crippen MR) is 92.3 cm³/mol. The van der Waals surface area contributed by atoms with E-state index in [1.165, 1.54) is 17.4 Å². The van der Waals surface area contributed by atoms with Crippen LogP contribution in [0.3, 0.4) is 0 Å². The van der Waals surface area contributed by atoms with E-state index in [9.17, 15) is 9.59 Å². The number of nitrogens with zero attached hydrogens (tertiary/aromatic N) is 2. The lowest BCUT2D eigenvalue weighted by Crippen LogP contribution is -2.26. The zero-order chi connectivity index (χ0) is 17.1. The number of nitrogens with one attached hydrogen (secondary N) is 1. The Balaban J connectivity index is 1.74. The van der Waals surface area contributed by atoms with Crippen molar-refractivity contribution in [3.8, 4) is 5.69 Å². The molecule has 0 aliphatic carbocycles. The second kappa shape index (κ2) is 6.67. The third-order valence-corrected chi connectivity index (χ3v) is 4.56. The molecular weight excluding hydrogens is 324 g/mol. The van der Waals surface area contributed by atoms with Gasteiger partial charge in [0.2, 0.25) is 5.91 Å². The number of hydrogen-bond donors (Lipinski definition) is 2. The van der Waals surface area contributed by atoms with E-state index in [1.54, 1.807) is 17.9 Å². The van der Waals surface area contributed by atoms with Crippen molar-refractivity contribution in [2.75, 3.05) is 0 Å². The maximum atomic E-state index is 12.3. The van der Waals surface area contributed by atoms with Gasteiger partial charge >= 0.3 is 0 Å².